The van der Waals surface area contributed by atoms with Crippen LogP contribution in [-0.2, 0) is 13.6 Å². The fourth-order valence-electron chi connectivity index (χ4n) is 2.04. The van der Waals surface area contributed by atoms with Gasteiger partial charge in [-0.2, -0.15) is 5.10 Å². The van der Waals surface area contributed by atoms with Crippen LogP contribution in [0.4, 0.5) is 5.69 Å². The van der Waals surface area contributed by atoms with Gasteiger partial charge in [-0.15, -0.1) is 0 Å². The summed E-state index contributed by atoms with van der Waals surface area (Å²) < 4.78 is 1.54. The summed E-state index contributed by atoms with van der Waals surface area (Å²) in [7, 11) is 3.49. The number of hydrogen-bond donors (Lipinski definition) is 1. The van der Waals surface area contributed by atoms with Crippen LogP contribution in [0.1, 0.15) is 21.7 Å². The summed E-state index contributed by atoms with van der Waals surface area (Å²) in [5.74, 6) is -0.121. The molecule has 100 valence electrons. The molecule has 2 N–H and O–H groups in total. The Morgan fingerprint density at radius 2 is 2.00 bits per heavy atom. The maximum Gasteiger partial charge on any atom is 0.274 e. The highest BCUT2D eigenvalue weighted by Crippen LogP contribution is 2.17. The highest BCUT2D eigenvalue weighted by atomic mass is 16.2. The number of nitrogens with two attached hydrogens (primary N) is 1. The fourth-order valence-corrected chi connectivity index (χ4v) is 2.04. The lowest BCUT2D eigenvalue weighted by Crippen LogP contribution is -2.28. The van der Waals surface area contributed by atoms with E-state index >= 15 is 0 Å². The van der Waals surface area contributed by atoms with E-state index in [0.29, 0.717) is 23.6 Å². The van der Waals surface area contributed by atoms with E-state index in [0.717, 1.165) is 5.56 Å². The van der Waals surface area contributed by atoms with Crippen LogP contribution in [-0.4, -0.2) is 27.6 Å². The summed E-state index contributed by atoms with van der Waals surface area (Å²) in [4.78, 5) is 14.0. The zero-order valence-corrected chi connectivity index (χ0v) is 11.4. The molecule has 1 aromatic heterocycles. The van der Waals surface area contributed by atoms with Gasteiger partial charge < -0.3 is 10.6 Å². The standard InChI is InChI=1S/C14H18N4O/c1-10-12(15)13(18(3)16-10)14(19)17(2)9-11-7-5-4-6-8-11/h4-8H,9,15H2,1-3H3. The number of aryl methyl sites for hydroxylation is 2. The van der Waals surface area contributed by atoms with Crippen LogP contribution in [0.5, 0.6) is 0 Å². The third-order valence-corrected chi connectivity index (χ3v) is 3.08. The second-order valence-electron chi connectivity index (χ2n) is 4.62. The van der Waals surface area contributed by atoms with Gasteiger partial charge in [0.25, 0.3) is 5.91 Å². The Balaban J connectivity index is 2.20. The minimum atomic E-state index is -0.121. The summed E-state index contributed by atoms with van der Waals surface area (Å²) in [6, 6.07) is 9.84. The van der Waals surface area contributed by atoms with Gasteiger partial charge >= 0.3 is 0 Å². The first kappa shape index (κ1) is 13.1. The zero-order valence-electron chi connectivity index (χ0n) is 11.4. The van der Waals surface area contributed by atoms with Crippen molar-refractivity contribution in [3.63, 3.8) is 0 Å². The minimum absolute atomic E-state index is 0.121. The van der Waals surface area contributed by atoms with E-state index in [2.05, 4.69) is 5.10 Å². The zero-order chi connectivity index (χ0) is 14.0. The molecule has 0 saturated heterocycles. The number of benzene rings is 1. The topological polar surface area (TPSA) is 64.2 Å². The van der Waals surface area contributed by atoms with Gasteiger partial charge in [-0.1, -0.05) is 30.3 Å². The number of carbonyl (C=O) groups is 1. The van der Waals surface area contributed by atoms with Gasteiger partial charge in [-0.05, 0) is 12.5 Å². The quantitative estimate of drug-likeness (QED) is 0.909. The number of aromatic nitrogens is 2. The highest BCUT2D eigenvalue weighted by Gasteiger charge is 2.21. The Kier molecular flexibility index (Phi) is 3.55. The summed E-state index contributed by atoms with van der Waals surface area (Å²) in [6.45, 7) is 2.34. The van der Waals surface area contributed by atoms with Crippen molar-refractivity contribution in [2.24, 2.45) is 7.05 Å². The molecular formula is C14H18N4O. The molecule has 2 aromatic rings. The largest absolute Gasteiger partial charge is 0.395 e. The van der Waals surface area contributed by atoms with Crippen molar-refractivity contribution in [3.05, 3.63) is 47.3 Å². The van der Waals surface area contributed by atoms with E-state index in [9.17, 15) is 4.79 Å². The summed E-state index contributed by atoms with van der Waals surface area (Å²) in [5.41, 5.74) is 8.56. The van der Waals surface area contributed by atoms with E-state index in [1.165, 1.54) is 4.68 Å². The lowest BCUT2D eigenvalue weighted by Gasteiger charge is -2.17. The number of nitrogens with zero attached hydrogens (tertiary/aromatic N) is 3. The predicted octanol–water partition coefficient (Wildman–Crippen LogP) is 1.58. The third kappa shape index (κ3) is 2.59. The van der Waals surface area contributed by atoms with Gasteiger partial charge in [-0.25, -0.2) is 0 Å². The van der Waals surface area contributed by atoms with Crippen LogP contribution in [0.25, 0.3) is 0 Å². The number of rotatable bonds is 3. The van der Waals surface area contributed by atoms with E-state index in [1.54, 1.807) is 25.9 Å². The maximum atomic E-state index is 12.4. The Bertz CT molecular complexity index is 589. The number of hydrogen-bond acceptors (Lipinski definition) is 3. The highest BCUT2D eigenvalue weighted by molar-refractivity contribution is 5.97. The van der Waals surface area contributed by atoms with Crippen molar-refractivity contribution in [1.82, 2.24) is 14.7 Å². The summed E-state index contributed by atoms with van der Waals surface area (Å²) in [5, 5.41) is 4.17. The predicted molar refractivity (Wildman–Crippen MR) is 74.6 cm³/mol. The van der Waals surface area contributed by atoms with Crippen LogP contribution in [0.3, 0.4) is 0 Å². The van der Waals surface area contributed by atoms with Crippen molar-refractivity contribution < 1.29 is 4.79 Å². The molecule has 1 amide bonds. The molecule has 2 rings (SSSR count). The normalized spacial score (nSPS) is 10.5. The second kappa shape index (κ2) is 5.14. The monoisotopic (exact) mass is 258 g/mol. The van der Waals surface area contributed by atoms with Crippen LogP contribution in [0.15, 0.2) is 30.3 Å². The summed E-state index contributed by atoms with van der Waals surface area (Å²) in [6.07, 6.45) is 0. The lowest BCUT2D eigenvalue weighted by molar-refractivity contribution is 0.0775. The molecule has 0 aliphatic rings. The second-order valence-corrected chi connectivity index (χ2v) is 4.62. The SMILES string of the molecule is Cc1nn(C)c(C(=O)N(C)Cc2ccccc2)c1N. The Hall–Kier alpha value is -2.30. The Labute approximate surface area is 112 Å². The Morgan fingerprint density at radius 3 is 2.53 bits per heavy atom. The first-order chi connectivity index (χ1) is 9.00. The molecule has 0 saturated carbocycles. The summed E-state index contributed by atoms with van der Waals surface area (Å²) >= 11 is 0. The van der Waals surface area contributed by atoms with Gasteiger partial charge in [-0.3, -0.25) is 9.48 Å². The van der Waals surface area contributed by atoms with Gasteiger partial charge in [0.15, 0.2) is 0 Å². The van der Waals surface area contributed by atoms with Crippen molar-refractivity contribution in [3.8, 4) is 0 Å². The van der Waals surface area contributed by atoms with Crippen LogP contribution >= 0.6 is 0 Å². The lowest BCUT2D eigenvalue weighted by atomic mass is 10.2. The van der Waals surface area contributed by atoms with Crippen molar-refractivity contribution in [1.29, 1.82) is 0 Å². The first-order valence-corrected chi connectivity index (χ1v) is 6.09. The number of carbonyl (C=O) groups excluding carboxylic acids is 1. The molecule has 0 atom stereocenters. The van der Waals surface area contributed by atoms with E-state index in [4.69, 9.17) is 5.73 Å². The van der Waals surface area contributed by atoms with Crippen LogP contribution in [0.2, 0.25) is 0 Å². The number of amides is 1. The number of anilines is 1. The van der Waals surface area contributed by atoms with Gasteiger partial charge in [0.1, 0.15) is 5.69 Å². The molecule has 0 unspecified atom stereocenters. The first-order valence-electron chi connectivity index (χ1n) is 6.09. The molecular weight excluding hydrogens is 240 g/mol. The molecule has 19 heavy (non-hydrogen) atoms. The van der Waals surface area contributed by atoms with E-state index in [1.807, 2.05) is 30.3 Å². The third-order valence-electron chi connectivity index (χ3n) is 3.08. The average molecular weight is 258 g/mol. The molecule has 1 aromatic carbocycles. The minimum Gasteiger partial charge on any atom is -0.395 e. The average Bonchev–Trinajstić information content (AvgIpc) is 2.63. The molecule has 0 spiro atoms. The molecule has 0 fully saturated rings. The molecule has 0 radical (unpaired) electrons. The van der Waals surface area contributed by atoms with Crippen LogP contribution in [0, 0.1) is 6.92 Å². The number of nitrogen functional groups attached to an aromatic ring is 1. The molecule has 5 nitrogen and oxygen atoms in total. The molecule has 0 bridgehead atoms. The molecule has 0 aliphatic carbocycles. The van der Waals surface area contributed by atoms with Crippen LogP contribution < -0.4 is 5.73 Å². The van der Waals surface area contributed by atoms with Gasteiger partial charge in [0, 0.05) is 20.6 Å². The fraction of sp³-hybridized carbons (Fsp3) is 0.286. The maximum absolute atomic E-state index is 12.4. The van der Waals surface area contributed by atoms with Crippen molar-refractivity contribution in [2.45, 2.75) is 13.5 Å². The molecule has 5 heteroatoms. The Morgan fingerprint density at radius 1 is 1.37 bits per heavy atom. The molecule has 0 aliphatic heterocycles. The molecule has 1 heterocycles. The van der Waals surface area contributed by atoms with Gasteiger partial charge in [0.05, 0.1) is 11.4 Å². The van der Waals surface area contributed by atoms with Gasteiger partial charge in [0.2, 0.25) is 0 Å². The van der Waals surface area contributed by atoms with Crippen molar-refractivity contribution >= 4 is 11.6 Å². The van der Waals surface area contributed by atoms with E-state index in [-0.39, 0.29) is 5.91 Å². The van der Waals surface area contributed by atoms with E-state index < -0.39 is 0 Å². The van der Waals surface area contributed by atoms with Crippen molar-refractivity contribution in [2.75, 3.05) is 12.8 Å². The smallest absolute Gasteiger partial charge is 0.274 e.